The van der Waals surface area contributed by atoms with Crippen molar-refractivity contribution in [2.24, 2.45) is 5.92 Å². The number of rotatable bonds is 5. The number of hydrogen-bond donors (Lipinski definition) is 0. The van der Waals surface area contributed by atoms with Gasteiger partial charge in [0.2, 0.25) is 9.05 Å². The van der Waals surface area contributed by atoms with Crippen molar-refractivity contribution in [1.29, 1.82) is 0 Å². The molecule has 0 atom stereocenters. The Morgan fingerprint density at radius 3 is 2.56 bits per heavy atom. The SMILES string of the molecule is O=S(=O)(Cl)Cc1cc(Cl)cc(OCC2CCC2)c1. The van der Waals surface area contributed by atoms with E-state index < -0.39 is 9.05 Å². The summed E-state index contributed by atoms with van der Waals surface area (Å²) in [6.45, 7) is 0.660. The second kappa shape index (κ2) is 5.68. The summed E-state index contributed by atoms with van der Waals surface area (Å²) in [5.74, 6) is 0.975. The third-order valence-electron chi connectivity index (χ3n) is 2.98. The van der Waals surface area contributed by atoms with E-state index in [1.54, 1.807) is 18.2 Å². The Bertz CT molecular complexity index is 524. The van der Waals surface area contributed by atoms with Gasteiger partial charge in [-0.3, -0.25) is 0 Å². The molecule has 1 saturated carbocycles. The summed E-state index contributed by atoms with van der Waals surface area (Å²) in [5.41, 5.74) is 0.543. The third kappa shape index (κ3) is 4.34. The van der Waals surface area contributed by atoms with Gasteiger partial charge in [-0.05, 0) is 42.5 Å². The first-order valence-corrected chi connectivity index (χ1v) is 8.62. The molecule has 1 aromatic carbocycles. The predicted octanol–water partition coefficient (Wildman–Crippen LogP) is 3.59. The number of halogens is 2. The maximum absolute atomic E-state index is 11.0. The molecule has 0 bridgehead atoms. The standard InChI is InChI=1S/C12H14Cl2O3S/c13-11-4-10(8-18(14,15)16)5-12(6-11)17-7-9-2-1-3-9/h4-6,9H,1-3,7-8H2. The van der Waals surface area contributed by atoms with E-state index in [0.717, 1.165) is 0 Å². The van der Waals surface area contributed by atoms with Gasteiger partial charge in [-0.2, -0.15) is 0 Å². The highest BCUT2D eigenvalue weighted by Crippen LogP contribution is 2.28. The van der Waals surface area contributed by atoms with Gasteiger partial charge in [0.1, 0.15) is 5.75 Å². The van der Waals surface area contributed by atoms with Crippen molar-refractivity contribution in [1.82, 2.24) is 0 Å². The van der Waals surface area contributed by atoms with Gasteiger partial charge in [0.05, 0.1) is 12.4 Å². The monoisotopic (exact) mass is 308 g/mol. The summed E-state index contributed by atoms with van der Waals surface area (Å²) in [5, 5.41) is 0.455. The van der Waals surface area contributed by atoms with Crippen LogP contribution in [-0.2, 0) is 14.8 Å². The van der Waals surface area contributed by atoms with Crippen LogP contribution in [0, 0.1) is 5.92 Å². The average Bonchev–Trinajstić information content (AvgIpc) is 2.10. The Hall–Kier alpha value is -0.450. The Morgan fingerprint density at radius 1 is 1.28 bits per heavy atom. The van der Waals surface area contributed by atoms with Gasteiger partial charge < -0.3 is 4.74 Å². The molecule has 18 heavy (non-hydrogen) atoms. The minimum absolute atomic E-state index is 0.241. The zero-order chi connectivity index (χ0) is 13.2. The normalized spacial score (nSPS) is 16.3. The molecular formula is C12H14Cl2O3S. The lowest BCUT2D eigenvalue weighted by atomic mass is 9.86. The zero-order valence-corrected chi connectivity index (χ0v) is 12.1. The Balaban J connectivity index is 2.05. The fourth-order valence-corrected chi connectivity index (χ4v) is 3.05. The summed E-state index contributed by atoms with van der Waals surface area (Å²) >= 11 is 5.92. The van der Waals surface area contributed by atoms with E-state index in [0.29, 0.717) is 28.9 Å². The molecular weight excluding hydrogens is 295 g/mol. The Morgan fingerprint density at radius 2 is 2.00 bits per heavy atom. The minimum Gasteiger partial charge on any atom is -0.493 e. The lowest BCUT2D eigenvalue weighted by Gasteiger charge is -2.25. The highest BCUT2D eigenvalue weighted by Gasteiger charge is 2.18. The molecule has 2 rings (SSSR count). The van der Waals surface area contributed by atoms with E-state index in [9.17, 15) is 8.42 Å². The van der Waals surface area contributed by atoms with Crippen LogP contribution in [-0.4, -0.2) is 15.0 Å². The van der Waals surface area contributed by atoms with Gasteiger partial charge in [0, 0.05) is 15.7 Å². The van der Waals surface area contributed by atoms with Crippen LogP contribution in [0.2, 0.25) is 5.02 Å². The van der Waals surface area contributed by atoms with Crippen molar-refractivity contribution in [3.8, 4) is 5.75 Å². The van der Waals surface area contributed by atoms with Crippen molar-refractivity contribution in [3.63, 3.8) is 0 Å². The Labute approximate surface area is 116 Å². The van der Waals surface area contributed by atoms with E-state index in [-0.39, 0.29) is 5.75 Å². The van der Waals surface area contributed by atoms with Crippen LogP contribution in [0.3, 0.4) is 0 Å². The van der Waals surface area contributed by atoms with Gasteiger partial charge in [-0.25, -0.2) is 8.42 Å². The average molecular weight is 309 g/mol. The van der Waals surface area contributed by atoms with Crippen molar-refractivity contribution in [2.45, 2.75) is 25.0 Å². The van der Waals surface area contributed by atoms with Gasteiger partial charge >= 0.3 is 0 Å². The first-order valence-electron chi connectivity index (χ1n) is 5.77. The largest absolute Gasteiger partial charge is 0.493 e. The van der Waals surface area contributed by atoms with Crippen LogP contribution >= 0.6 is 22.3 Å². The molecule has 0 amide bonds. The van der Waals surface area contributed by atoms with E-state index in [4.69, 9.17) is 27.0 Å². The number of ether oxygens (including phenoxy) is 1. The molecule has 0 aliphatic heterocycles. The van der Waals surface area contributed by atoms with Crippen molar-refractivity contribution in [3.05, 3.63) is 28.8 Å². The van der Waals surface area contributed by atoms with Gasteiger partial charge in [0.25, 0.3) is 0 Å². The second-order valence-electron chi connectivity index (χ2n) is 4.59. The van der Waals surface area contributed by atoms with E-state index in [1.807, 2.05) is 0 Å². The molecule has 1 aromatic rings. The maximum atomic E-state index is 11.0. The Kier molecular flexibility index (Phi) is 4.41. The quantitative estimate of drug-likeness (QED) is 0.781. The highest BCUT2D eigenvalue weighted by molar-refractivity contribution is 8.13. The molecule has 0 saturated heterocycles. The van der Waals surface area contributed by atoms with Crippen LogP contribution in [0.5, 0.6) is 5.75 Å². The molecule has 0 spiro atoms. The number of hydrogen-bond acceptors (Lipinski definition) is 3. The van der Waals surface area contributed by atoms with E-state index >= 15 is 0 Å². The lowest BCUT2D eigenvalue weighted by molar-refractivity contribution is 0.180. The molecule has 1 aliphatic rings. The van der Waals surface area contributed by atoms with E-state index in [2.05, 4.69) is 0 Å². The topological polar surface area (TPSA) is 43.4 Å². The molecule has 0 radical (unpaired) electrons. The van der Waals surface area contributed by atoms with Crippen LogP contribution in [0.4, 0.5) is 0 Å². The summed E-state index contributed by atoms with van der Waals surface area (Å²) < 4.78 is 27.7. The molecule has 6 heteroatoms. The van der Waals surface area contributed by atoms with Gasteiger partial charge in [0.15, 0.2) is 0 Å². The molecule has 0 heterocycles. The van der Waals surface area contributed by atoms with Crippen molar-refractivity contribution < 1.29 is 13.2 Å². The molecule has 1 fully saturated rings. The van der Waals surface area contributed by atoms with Crippen LogP contribution in [0.25, 0.3) is 0 Å². The van der Waals surface area contributed by atoms with Crippen LogP contribution in [0.1, 0.15) is 24.8 Å². The first-order chi connectivity index (χ1) is 8.42. The third-order valence-corrected chi connectivity index (χ3v) is 4.20. The molecule has 0 N–H and O–H groups in total. The summed E-state index contributed by atoms with van der Waals surface area (Å²) in [7, 11) is 1.64. The molecule has 1 aliphatic carbocycles. The van der Waals surface area contributed by atoms with Crippen LogP contribution in [0.15, 0.2) is 18.2 Å². The fraction of sp³-hybridized carbons (Fsp3) is 0.500. The fourth-order valence-electron chi connectivity index (χ4n) is 1.86. The molecule has 100 valence electrons. The molecule has 0 aromatic heterocycles. The van der Waals surface area contributed by atoms with E-state index in [1.165, 1.54) is 19.3 Å². The molecule has 3 nitrogen and oxygen atoms in total. The first kappa shape index (κ1) is 14.0. The van der Waals surface area contributed by atoms with Gasteiger partial charge in [-0.1, -0.05) is 18.0 Å². The number of benzene rings is 1. The highest BCUT2D eigenvalue weighted by atomic mass is 35.7. The van der Waals surface area contributed by atoms with Crippen LogP contribution < -0.4 is 4.74 Å². The lowest BCUT2D eigenvalue weighted by Crippen LogP contribution is -2.19. The smallest absolute Gasteiger partial charge is 0.236 e. The second-order valence-corrected chi connectivity index (χ2v) is 7.80. The van der Waals surface area contributed by atoms with Crippen molar-refractivity contribution in [2.75, 3.05) is 6.61 Å². The minimum atomic E-state index is -3.58. The maximum Gasteiger partial charge on any atom is 0.236 e. The van der Waals surface area contributed by atoms with Crippen molar-refractivity contribution >= 4 is 31.3 Å². The summed E-state index contributed by atoms with van der Waals surface area (Å²) in [4.78, 5) is 0. The zero-order valence-electron chi connectivity index (χ0n) is 9.73. The van der Waals surface area contributed by atoms with Gasteiger partial charge in [-0.15, -0.1) is 0 Å². The molecule has 0 unspecified atom stereocenters. The predicted molar refractivity (Wildman–Crippen MR) is 72.8 cm³/mol. The summed E-state index contributed by atoms with van der Waals surface area (Å²) in [6, 6.07) is 4.94. The summed E-state index contributed by atoms with van der Waals surface area (Å²) in [6.07, 6.45) is 3.66.